The first-order chi connectivity index (χ1) is 15.5. The van der Waals surface area contributed by atoms with E-state index in [4.69, 9.17) is 5.14 Å². The average Bonchev–Trinajstić information content (AvgIpc) is 3.17. The van der Waals surface area contributed by atoms with E-state index >= 15 is 0 Å². The lowest BCUT2D eigenvalue weighted by Crippen LogP contribution is -2.30. The molecule has 0 saturated carbocycles. The van der Waals surface area contributed by atoms with Crippen molar-refractivity contribution in [3.63, 3.8) is 0 Å². The predicted molar refractivity (Wildman–Crippen MR) is 125 cm³/mol. The summed E-state index contributed by atoms with van der Waals surface area (Å²) in [5.74, 6) is -0.385. The zero-order valence-electron chi connectivity index (χ0n) is 18.5. The summed E-state index contributed by atoms with van der Waals surface area (Å²) in [5, 5.41) is 7.85. The van der Waals surface area contributed by atoms with Gasteiger partial charge in [0.05, 0.1) is 11.4 Å². The second-order valence-electron chi connectivity index (χ2n) is 8.07. The van der Waals surface area contributed by atoms with Gasteiger partial charge in [0.15, 0.2) is 0 Å². The molecule has 1 aromatic heterocycles. The first kappa shape index (κ1) is 22.5. The maximum Gasteiger partial charge on any atom is 0.329 e. The maximum absolute atomic E-state index is 12.9. The van der Waals surface area contributed by atoms with Gasteiger partial charge in [-0.2, -0.15) is 0 Å². The van der Waals surface area contributed by atoms with Crippen LogP contribution < -0.4 is 10.5 Å². The van der Waals surface area contributed by atoms with Gasteiger partial charge in [-0.3, -0.25) is 9.69 Å². The van der Waals surface area contributed by atoms with Gasteiger partial charge in [0.2, 0.25) is 10.0 Å². The lowest BCUT2D eigenvalue weighted by Gasteiger charge is -2.12. The molecule has 1 saturated heterocycles. The van der Waals surface area contributed by atoms with E-state index in [0.717, 1.165) is 33.8 Å². The summed E-state index contributed by atoms with van der Waals surface area (Å²) in [6, 6.07) is 15.4. The number of aryl methyl sites for hydroxylation is 2. The average molecular weight is 465 g/mol. The van der Waals surface area contributed by atoms with Gasteiger partial charge in [0, 0.05) is 17.1 Å². The van der Waals surface area contributed by atoms with E-state index in [1.165, 1.54) is 17.0 Å². The van der Waals surface area contributed by atoms with Crippen LogP contribution in [0, 0.1) is 20.8 Å². The molecular weight excluding hydrogens is 440 g/mol. The first-order valence-electron chi connectivity index (χ1n) is 10.3. The summed E-state index contributed by atoms with van der Waals surface area (Å²) in [7, 11) is -3.78. The van der Waals surface area contributed by atoms with Gasteiger partial charge >= 0.3 is 6.03 Å². The number of nitrogens with two attached hydrogens (primary N) is 1. The largest absolute Gasteiger partial charge is 0.329 e. The fourth-order valence-electron chi connectivity index (χ4n) is 3.98. The molecule has 0 unspecified atom stereocenters. The van der Waals surface area contributed by atoms with E-state index in [-0.39, 0.29) is 23.0 Å². The molecule has 4 rings (SSSR count). The van der Waals surface area contributed by atoms with Crippen LogP contribution in [0.4, 0.5) is 4.79 Å². The third kappa shape index (κ3) is 4.46. The van der Waals surface area contributed by atoms with Crippen LogP contribution in [0.5, 0.6) is 0 Å². The molecule has 1 fully saturated rings. The molecule has 3 amide bonds. The zero-order chi connectivity index (χ0) is 23.9. The van der Waals surface area contributed by atoms with Crippen molar-refractivity contribution in [1.29, 1.82) is 0 Å². The normalized spacial score (nSPS) is 15.4. The Labute approximate surface area is 192 Å². The highest BCUT2D eigenvalue weighted by atomic mass is 32.2. The number of primary sulfonamides is 1. The molecule has 3 aromatic rings. The lowest BCUT2D eigenvalue weighted by molar-refractivity contribution is -0.123. The Morgan fingerprint density at radius 3 is 2.33 bits per heavy atom. The minimum Gasteiger partial charge on any atom is -0.318 e. The van der Waals surface area contributed by atoms with Gasteiger partial charge < -0.3 is 9.88 Å². The van der Waals surface area contributed by atoms with Crippen molar-refractivity contribution in [1.82, 2.24) is 14.8 Å². The van der Waals surface area contributed by atoms with Crippen LogP contribution in [0.15, 0.2) is 65.2 Å². The molecule has 1 aliphatic rings. The van der Waals surface area contributed by atoms with Gasteiger partial charge in [0.25, 0.3) is 5.91 Å². The summed E-state index contributed by atoms with van der Waals surface area (Å²) in [4.78, 5) is 26.6. The van der Waals surface area contributed by atoms with Crippen LogP contribution in [0.2, 0.25) is 0 Å². The highest BCUT2D eigenvalue weighted by molar-refractivity contribution is 7.89. The number of carbonyl (C=O) groups excluding carboxylic acids is 2. The van der Waals surface area contributed by atoms with E-state index < -0.39 is 16.1 Å². The summed E-state index contributed by atoms with van der Waals surface area (Å²) < 4.78 is 25.0. The van der Waals surface area contributed by atoms with E-state index in [0.29, 0.717) is 0 Å². The van der Waals surface area contributed by atoms with Crippen molar-refractivity contribution >= 4 is 28.0 Å². The Morgan fingerprint density at radius 1 is 1.00 bits per heavy atom. The smallest absolute Gasteiger partial charge is 0.318 e. The van der Waals surface area contributed by atoms with E-state index in [1.807, 2.05) is 55.7 Å². The standard InChI is InChI=1S/C24H24N4O4S/c1-15-5-4-6-18(11-15)14-27-23(29)22(26-24(27)30)13-19-12-16(2)28(17(19)3)20-7-9-21(10-8-20)33(25,31)32/h4-13H,14H2,1-3H3,(H,26,30)(H2,25,31,32)/b22-13+. The van der Waals surface area contributed by atoms with Gasteiger partial charge in [-0.1, -0.05) is 29.8 Å². The highest BCUT2D eigenvalue weighted by Gasteiger charge is 2.33. The fourth-order valence-corrected chi connectivity index (χ4v) is 4.50. The van der Waals surface area contributed by atoms with Crippen molar-refractivity contribution in [2.24, 2.45) is 5.14 Å². The van der Waals surface area contributed by atoms with Crippen LogP contribution in [-0.2, 0) is 21.4 Å². The monoisotopic (exact) mass is 464 g/mol. The fraction of sp³-hybridized carbons (Fsp3) is 0.167. The van der Waals surface area contributed by atoms with Gasteiger partial charge in [-0.05, 0) is 68.3 Å². The van der Waals surface area contributed by atoms with Gasteiger partial charge in [-0.25, -0.2) is 18.4 Å². The molecular formula is C24H24N4O4S. The zero-order valence-corrected chi connectivity index (χ0v) is 19.3. The third-order valence-electron chi connectivity index (χ3n) is 5.58. The van der Waals surface area contributed by atoms with E-state index in [9.17, 15) is 18.0 Å². The number of hydrogen-bond donors (Lipinski definition) is 2. The maximum atomic E-state index is 12.9. The topological polar surface area (TPSA) is 114 Å². The Bertz CT molecular complexity index is 1400. The predicted octanol–water partition coefficient (Wildman–Crippen LogP) is 3.14. The molecule has 0 atom stereocenters. The highest BCUT2D eigenvalue weighted by Crippen LogP contribution is 2.25. The molecule has 0 spiro atoms. The Balaban J connectivity index is 1.62. The molecule has 33 heavy (non-hydrogen) atoms. The van der Waals surface area contributed by atoms with Crippen LogP contribution in [0.1, 0.15) is 28.1 Å². The van der Waals surface area contributed by atoms with Crippen molar-refractivity contribution in [2.75, 3.05) is 0 Å². The molecule has 170 valence electrons. The molecule has 0 radical (unpaired) electrons. The molecule has 3 N–H and O–H groups in total. The lowest BCUT2D eigenvalue weighted by atomic mass is 10.1. The number of amides is 3. The second-order valence-corrected chi connectivity index (χ2v) is 9.63. The molecule has 0 aliphatic carbocycles. The Kier molecular flexibility index (Phi) is 5.69. The SMILES string of the molecule is Cc1cccc(CN2C(=O)N/C(=C/c3cc(C)n(-c4ccc(S(N)(=O)=O)cc4)c3C)C2=O)c1. The molecule has 2 heterocycles. The molecule has 2 aromatic carbocycles. The van der Waals surface area contributed by atoms with Crippen LogP contribution in [0.25, 0.3) is 11.8 Å². The van der Waals surface area contributed by atoms with Crippen molar-refractivity contribution in [3.8, 4) is 5.69 Å². The summed E-state index contributed by atoms with van der Waals surface area (Å²) in [5.41, 5.74) is 5.38. The molecule has 8 nitrogen and oxygen atoms in total. The Hall–Kier alpha value is -3.69. The number of benzene rings is 2. The Morgan fingerprint density at radius 2 is 1.70 bits per heavy atom. The minimum atomic E-state index is -3.78. The quantitative estimate of drug-likeness (QED) is 0.446. The number of nitrogens with zero attached hydrogens (tertiary/aromatic N) is 2. The minimum absolute atomic E-state index is 0.0315. The number of urea groups is 1. The van der Waals surface area contributed by atoms with E-state index in [1.54, 1.807) is 18.2 Å². The van der Waals surface area contributed by atoms with Crippen LogP contribution in [0.3, 0.4) is 0 Å². The number of aromatic nitrogens is 1. The van der Waals surface area contributed by atoms with Crippen LogP contribution >= 0.6 is 0 Å². The number of carbonyl (C=O) groups is 2. The first-order valence-corrected chi connectivity index (χ1v) is 11.8. The van der Waals surface area contributed by atoms with Crippen LogP contribution in [-0.4, -0.2) is 29.8 Å². The number of nitrogens with one attached hydrogen (secondary N) is 1. The summed E-state index contributed by atoms with van der Waals surface area (Å²) in [6.07, 6.45) is 1.66. The molecule has 9 heteroatoms. The molecule has 1 aliphatic heterocycles. The summed E-state index contributed by atoms with van der Waals surface area (Å²) >= 11 is 0. The van der Waals surface area contributed by atoms with Crippen molar-refractivity contribution in [3.05, 3.63) is 88.4 Å². The van der Waals surface area contributed by atoms with Crippen molar-refractivity contribution in [2.45, 2.75) is 32.2 Å². The number of sulfonamides is 1. The second kappa shape index (κ2) is 8.34. The van der Waals surface area contributed by atoms with Crippen molar-refractivity contribution < 1.29 is 18.0 Å². The van der Waals surface area contributed by atoms with Gasteiger partial charge in [-0.15, -0.1) is 0 Å². The van der Waals surface area contributed by atoms with E-state index in [2.05, 4.69) is 5.32 Å². The molecule has 0 bridgehead atoms. The summed E-state index contributed by atoms with van der Waals surface area (Å²) in [6.45, 7) is 5.94. The number of imide groups is 1. The number of rotatable bonds is 5. The third-order valence-corrected chi connectivity index (χ3v) is 6.51. The van der Waals surface area contributed by atoms with Gasteiger partial charge in [0.1, 0.15) is 5.70 Å². The number of hydrogen-bond acceptors (Lipinski definition) is 4.